The zero-order chi connectivity index (χ0) is 20.7. The van der Waals surface area contributed by atoms with Gasteiger partial charge in [0.05, 0.1) is 10.2 Å². The Morgan fingerprint density at radius 2 is 1.69 bits per heavy atom. The fourth-order valence-electron chi connectivity index (χ4n) is 2.81. The second-order valence-electron chi connectivity index (χ2n) is 6.16. The summed E-state index contributed by atoms with van der Waals surface area (Å²) in [5, 5.41) is 0. The molecule has 0 radical (unpaired) electrons. The molecule has 29 heavy (non-hydrogen) atoms. The summed E-state index contributed by atoms with van der Waals surface area (Å²) in [4.78, 5) is 5.94. The summed E-state index contributed by atoms with van der Waals surface area (Å²) in [6, 6.07) is 15.6. The molecule has 0 N–H and O–H groups in total. The molecule has 0 aliphatic rings. The molecule has 4 nitrogen and oxygen atoms in total. The van der Waals surface area contributed by atoms with Crippen molar-refractivity contribution in [1.82, 2.24) is 4.98 Å². The first kappa shape index (κ1) is 23.5. The lowest BCUT2D eigenvalue weighted by molar-refractivity contribution is 0.123. The first-order valence-corrected chi connectivity index (χ1v) is 16.4. The molecule has 10 heteroatoms. The van der Waals surface area contributed by atoms with Gasteiger partial charge in [-0.25, -0.2) is 4.98 Å². The first-order valence-electron chi connectivity index (χ1n) is 8.87. The molecule has 0 aliphatic heterocycles. The number of fused-ring (bicyclic) bond motifs is 1. The van der Waals surface area contributed by atoms with E-state index in [4.69, 9.17) is 13.3 Å². The Hall–Kier alpha value is -0.173. The predicted molar refractivity (Wildman–Crippen MR) is 133 cm³/mol. The third kappa shape index (κ3) is 6.41. The molecule has 3 aromatic rings. The summed E-state index contributed by atoms with van der Waals surface area (Å²) in [6.07, 6.45) is 0.863. The quantitative estimate of drug-likeness (QED) is 0.156. The molecule has 3 rings (SSSR count). The Morgan fingerprint density at radius 1 is 0.966 bits per heavy atom. The molecule has 0 saturated heterocycles. The highest BCUT2D eigenvalue weighted by Crippen LogP contribution is 2.51. The molecule has 1 heterocycles. The predicted octanol–water partition coefficient (Wildman–Crippen LogP) is 7.12. The van der Waals surface area contributed by atoms with E-state index in [1.165, 1.54) is 20.7 Å². The van der Waals surface area contributed by atoms with E-state index in [1.54, 1.807) is 73.9 Å². The molecule has 0 atom stereocenters. The van der Waals surface area contributed by atoms with Gasteiger partial charge in [-0.2, -0.15) is 0 Å². The van der Waals surface area contributed by atoms with Crippen molar-refractivity contribution in [2.24, 2.45) is 0 Å². The molecule has 0 aliphatic carbocycles. The summed E-state index contributed by atoms with van der Waals surface area (Å²) in [7, 11) is 9.43. The molecule has 0 spiro atoms. The molecule has 0 bridgehead atoms. The highest BCUT2D eigenvalue weighted by atomic mass is 33.7. The number of aryl methyl sites for hydroxylation is 2. The minimum Gasteiger partial charge on any atom is -0.377 e. The molecular formula is C19H23NO3S5Si. The molecule has 1 aromatic heterocycles. The van der Waals surface area contributed by atoms with Gasteiger partial charge in [-0.05, 0) is 78.3 Å². The number of hydrogen-bond donors (Lipinski definition) is 0. The number of aromatic nitrogens is 1. The third-order valence-electron chi connectivity index (χ3n) is 4.38. The van der Waals surface area contributed by atoms with E-state index in [0.717, 1.165) is 22.3 Å². The van der Waals surface area contributed by atoms with Crippen LogP contribution >= 0.6 is 52.6 Å². The zero-order valence-electron chi connectivity index (χ0n) is 16.7. The van der Waals surface area contributed by atoms with Gasteiger partial charge >= 0.3 is 8.80 Å². The van der Waals surface area contributed by atoms with Crippen LogP contribution in [0.1, 0.15) is 11.1 Å². The molecule has 0 saturated carbocycles. The summed E-state index contributed by atoms with van der Waals surface area (Å²) < 4.78 is 19.0. The lowest BCUT2D eigenvalue weighted by atomic mass is 10.1. The molecule has 0 fully saturated rings. The fourth-order valence-corrected chi connectivity index (χ4v) is 11.7. The summed E-state index contributed by atoms with van der Waals surface area (Å²) in [6.45, 7) is 2.12. The van der Waals surface area contributed by atoms with Gasteiger partial charge in [0.25, 0.3) is 0 Å². The maximum absolute atomic E-state index is 5.57. The van der Waals surface area contributed by atoms with Crippen molar-refractivity contribution < 1.29 is 13.3 Å². The number of benzene rings is 2. The highest BCUT2D eigenvalue weighted by molar-refractivity contribution is 9.26. The lowest BCUT2D eigenvalue weighted by Gasteiger charge is -2.24. The topological polar surface area (TPSA) is 40.6 Å². The average Bonchev–Trinajstić information content (AvgIpc) is 3.16. The van der Waals surface area contributed by atoms with E-state index in [0.29, 0.717) is 0 Å². The van der Waals surface area contributed by atoms with E-state index in [-0.39, 0.29) is 0 Å². The van der Waals surface area contributed by atoms with Gasteiger partial charge in [-0.3, -0.25) is 0 Å². The number of thiazole rings is 1. The number of para-hydroxylation sites is 1. The molecular weight excluding hydrogens is 479 g/mol. The standard InChI is InChI=1S/C19H23NO3S5Si/c1-14-9-10-17(15(13-14)11-12-29(21-2,22-3)23-4)25-27-28-26-19-20-16-7-5-6-8-18(16)24-19/h5-10,13H,11-12H2,1-4H3. The Labute approximate surface area is 192 Å². The van der Waals surface area contributed by atoms with Gasteiger partial charge < -0.3 is 13.3 Å². The molecule has 156 valence electrons. The summed E-state index contributed by atoms with van der Waals surface area (Å²) in [5.41, 5.74) is 3.63. The van der Waals surface area contributed by atoms with Crippen LogP contribution in [0, 0.1) is 6.92 Å². The van der Waals surface area contributed by atoms with Crippen molar-refractivity contribution >= 4 is 71.6 Å². The van der Waals surface area contributed by atoms with Gasteiger partial charge in [0.2, 0.25) is 0 Å². The fraction of sp³-hybridized carbons (Fsp3) is 0.316. The van der Waals surface area contributed by atoms with Crippen LogP contribution in [0.2, 0.25) is 6.04 Å². The van der Waals surface area contributed by atoms with Gasteiger partial charge in [0.15, 0.2) is 4.34 Å². The second kappa shape index (κ2) is 11.4. The van der Waals surface area contributed by atoms with Crippen molar-refractivity contribution in [3.8, 4) is 0 Å². The van der Waals surface area contributed by atoms with Crippen molar-refractivity contribution in [2.45, 2.75) is 28.6 Å². The number of rotatable bonds is 11. The van der Waals surface area contributed by atoms with Crippen LogP contribution in [0.4, 0.5) is 0 Å². The Kier molecular flexibility index (Phi) is 9.27. The van der Waals surface area contributed by atoms with Crippen LogP contribution in [0.3, 0.4) is 0 Å². The smallest absolute Gasteiger partial charge is 0.377 e. The molecule has 2 aromatic carbocycles. The SMILES string of the molecule is CO[Si](CCc1cc(C)ccc1SSSSc1nc2ccccc2s1)(OC)OC. The van der Waals surface area contributed by atoms with Crippen LogP contribution in [0.5, 0.6) is 0 Å². The van der Waals surface area contributed by atoms with Gasteiger partial charge in [0, 0.05) is 32.3 Å². The average molecular weight is 502 g/mol. The Balaban J connectivity index is 1.57. The van der Waals surface area contributed by atoms with E-state index >= 15 is 0 Å². The minimum absolute atomic E-state index is 0.756. The number of hydrogen-bond acceptors (Lipinski definition) is 9. The van der Waals surface area contributed by atoms with Crippen molar-refractivity contribution in [3.63, 3.8) is 0 Å². The van der Waals surface area contributed by atoms with Gasteiger partial charge in [0.1, 0.15) is 0 Å². The maximum Gasteiger partial charge on any atom is 0.500 e. The van der Waals surface area contributed by atoms with E-state index in [9.17, 15) is 0 Å². The van der Waals surface area contributed by atoms with E-state index < -0.39 is 8.80 Å². The third-order valence-corrected chi connectivity index (χ3v) is 14.6. The second-order valence-corrected chi connectivity index (χ2v) is 16.2. The van der Waals surface area contributed by atoms with Crippen molar-refractivity contribution in [3.05, 3.63) is 53.6 Å². The van der Waals surface area contributed by atoms with Crippen molar-refractivity contribution in [2.75, 3.05) is 21.3 Å². The Morgan fingerprint density at radius 3 is 2.41 bits per heavy atom. The van der Waals surface area contributed by atoms with Crippen LogP contribution in [-0.4, -0.2) is 35.1 Å². The largest absolute Gasteiger partial charge is 0.500 e. The van der Waals surface area contributed by atoms with Gasteiger partial charge in [-0.1, -0.05) is 29.8 Å². The van der Waals surface area contributed by atoms with Gasteiger partial charge in [-0.15, -0.1) is 11.3 Å². The maximum atomic E-state index is 5.57. The van der Waals surface area contributed by atoms with Crippen LogP contribution in [0.15, 0.2) is 51.7 Å². The normalized spacial score (nSPS) is 12.0. The summed E-state index contributed by atoms with van der Waals surface area (Å²) in [5.74, 6) is 0. The molecule has 0 amide bonds. The Bertz CT molecular complexity index is 894. The van der Waals surface area contributed by atoms with E-state index in [1.807, 2.05) is 6.07 Å². The monoisotopic (exact) mass is 501 g/mol. The molecule has 0 unspecified atom stereocenters. The zero-order valence-corrected chi connectivity index (χ0v) is 21.8. The van der Waals surface area contributed by atoms with Crippen LogP contribution < -0.4 is 0 Å². The lowest BCUT2D eigenvalue weighted by Crippen LogP contribution is -2.43. The van der Waals surface area contributed by atoms with Crippen LogP contribution in [-0.2, 0) is 19.7 Å². The van der Waals surface area contributed by atoms with Crippen LogP contribution in [0.25, 0.3) is 10.2 Å². The van der Waals surface area contributed by atoms with E-state index in [2.05, 4.69) is 48.3 Å². The highest BCUT2D eigenvalue weighted by Gasteiger charge is 2.37. The summed E-state index contributed by atoms with van der Waals surface area (Å²) >= 11 is 1.74. The first-order chi connectivity index (χ1) is 14.1. The van der Waals surface area contributed by atoms with Crippen molar-refractivity contribution in [1.29, 1.82) is 0 Å². The number of nitrogens with zero attached hydrogens (tertiary/aromatic N) is 1. The minimum atomic E-state index is -2.57.